The van der Waals surface area contributed by atoms with E-state index in [9.17, 15) is 14.7 Å². The molecule has 0 aromatic heterocycles. The van der Waals surface area contributed by atoms with Crippen LogP contribution >= 0.6 is 0 Å². The maximum absolute atomic E-state index is 12.2. The third-order valence-corrected chi connectivity index (χ3v) is 2.09. The van der Waals surface area contributed by atoms with E-state index in [0.717, 1.165) is 5.01 Å². The van der Waals surface area contributed by atoms with Gasteiger partial charge in [-0.1, -0.05) is 11.8 Å². The van der Waals surface area contributed by atoms with Crippen molar-refractivity contribution in [3.63, 3.8) is 0 Å². The highest BCUT2D eigenvalue weighted by atomic mass is 16.6. The van der Waals surface area contributed by atoms with Gasteiger partial charge in [0.05, 0.1) is 0 Å². The van der Waals surface area contributed by atoms with Crippen LogP contribution in [0.1, 0.15) is 55.4 Å². The van der Waals surface area contributed by atoms with Crippen LogP contribution in [0.4, 0.5) is 9.59 Å². The van der Waals surface area contributed by atoms with Crippen molar-refractivity contribution in [2.45, 2.75) is 78.7 Å². The molecule has 132 valence electrons. The molecule has 23 heavy (non-hydrogen) atoms. The molecule has 0 aliphatic heterocycles. The Labute approximate surface area is 138 Å². The largest absolute Gasteiger partial charge is 0.443 e. The lowest BCUT2D eigenvalue weighted by atomic mass is 10.2. The van der Waals surface area contributed by atoms with Gasteiger partial charge in [-0.3, -0.25) is 0 Å². The third kappa shape index (κ3) is 10.4. The first-order valence-corrected chi connectivity index (χ1v) is 7.42. The Balaban J connectivity index is 5.19. The number of rotatable bonds is 1. The summed E-state index contributed by atoms with van der Waals surface area (Å²) >= 11 is 0. The molecule has 7 nitrogen and oxygen atoms in total. The van der Waals surface area contributed by atoms with Gasteiger partial charge >= 0.3 is 12.2 Å². The van der Waals surface area contributed by atoms with Crippen molar-refractivity contribution in [2.24, 2.45) is 0 Å². The lowest BCUT2D eigenvalue weighted by molar-refractivity contribution is -0.00263. The van der Waals surface area contributed by atoms with Gasteiger partial charge in [-0.25, -0.2) is 20.0 Å². The highest BCUT2D eigenvalue weighted by Gasteiger charge is 2.28. The quantitative estimate of drug-likeness (QED) is 0.570. The SMILES string of the molecule is C[C@H](C#C[C@@H](C)O)N(NC(=O)OC(C)(C)C)C(=O)OC(C)(C)C. The molecule has 0 aromatic carbocycles. The van der Waals surface area contributed by atoms with E-state index in [0.29, 0.717) is 0 Å². The van der Waals surface area contributed by atoms with Crippen LogP contribution in [-0.2, 0) is 9.47 Å². The summed E-state index contributed by atoms with van der Waals surface area (Å²) < 4.78 is 10.4. The van der Waals surface area contributed by atoms with Crippen LogP contribution in [0.15, 0.2) is 0 Å². The molecule has 0 rings (SSSR count). The average molecular weight is 328 g/mol. The molecule has 2 N–H and O–H groups in total. The minimum absolute atomic E-state index is 0.710. The molecule has 2 atom stereocenters. The van der Waals surface area contributed by atoms with Crippen LogP contribution in [0.3, 0.4) is 0 Å². The highest BCUT2D eigenvalue weighted by molar-refractivity contribution is 5.75. The van der Waals surface area contributed by atoms with Crippen LogP contribution < -0.4 is 5.43 Å². The van der Waals surface area contributed by atoms with Crippen molar-refractivity contribution in [3.05, 3.63) is 0 Å². The molecule has 0 radical (unpaired) electrons. The van der Waals surface area contributed by atoms with Gasteiger partial charge in [-0.05, 0) is 55.4 Å². The standard InChI is InChI=1S/C16H28N2O5/c1-11(9-10-12(2)19)18(14(21)23-16(6,7)8)17-13(20)22-15(3,4)5/h11-12,19H,1-8H3,(H,17,20)/t11-,12-/m1/s1. The summed E-state index contributed by atoms with van der Waals surface area (Å²) in [6, 6.07) is -0.716. The van der Waals surface area contributed by atoms with Gasteiger partial charge in [0.2, 0.25) is 0 Å². The summed E-state index contributed by atoms with van der Waals surface area (Å²) in [6.45, 7) is 13.4. The van der Waals surface area contributed by atoms with Gasteiger partial charge < -0.3 is 14.6 Å². The summed E-state index contributed by atoms with van der Waals surface area (Å²) in [7, 11) is 0. The summed E-state index contributed by atoms with van der Waals surface area (Å²) in [5.41, 5.74) is 0.889. The molecular weight excluding hydrogens is 300 g/mol. The van der Waals surface area contributed by atoms with Gasteiger partial charge in [-0.15, -0.1) is 0 Å². The third-order valence-electron chi connectivity index (χ3n) is 2.09. The molecule has 0 aliphatic carbocycles. The van der Waals surface area contributed by atoms with E-state index in [4.69, 9.17) is 9.47 Å². The van der Waals surface area contributed by atoms with E-state index >= 15 is 0 Å². The number of hydrogen-bond donors (Lipinski definition) is 2. The maximum atomic E-state index is 12.2. The number of hydrogen-bond acceptors (Lipinski definition) is 5. The number of ether oxygens (including phenoxy) is 2. The van der Waals surface area contributed by atoms with E-state index in [-0.39, 0.29) is 0 Å². The predicted molar refractivity (Wildman–Crippen MR) is 86.4 cm³/mol. The monoisotopic (exact) mass is 328 g/mol. The fourth-order valence-electron chi connectivity index (χ4n) is 1.32. The second-order valence-electron chi connectivity index (χ2n) is 7.10. The van der Waals surface area contributed by atoms with Crippen LogP contribution in [0.2, 0.25) is 0 Å². The van der Waals surface area contributed by atoms with Gasteiger partial charge in [0.25, 0.3) is 0 Å². The number of aliphatic hydroxyl groups excluding tert-OH is 1. The topological polar surface area (TPSA) is 88.1 Å². The van der Waals surface area contributed by atoms with E-state index in [2.05, 4.69) is 17.3 Å². The Morgan fingerprint density at radius 3 is 1.87 bits per heavy atom. The Bertz CT molecular complexity index is 477. The van der Waals surface area contributed by atoms with Crippen molar-refractivity contribution in [2.75, 3.05) is 0 Å². The van der Waals surface area contributed by atoms with Crippen LogP contribution in [-0.4, -0.2) is 45.6 Å². The number of nitrogens with zero attached hydrogens (tertiary/aromatic N) is 1. The van der Waals surface area contributed by atoms with E-state index in [1.54, 1.807) is 48.5 Å². The molecule has 0 unspecified atom stereocenters. The molecule has 7 heteroatoms. The minimum Gasteiger partial charge on any atom is -0.443 e. The first-order valence-electron chi connectivity index (χ1n) is 7.42. The predicted octanol–water partition coefficient (Wildman–Crippen LogP) is 2.44. The molecular formula is C16H28N2O5. The maximum Gasteiger partial charge on any atom is 0.430 e. The molecule has 0 spiro atoms. The molecule has 0 bridgehead atoms. The molecule has 0 saturated heterocycles. The van der Waals surface area contributed by atoms with Crippen molar-refractivity contribution < 1.29 is 24.2 Å². The molecule has 0 fully saturated rings. The highest BCUT2D eigenvalue weighted by Crippen LogP contribution is 2.12. The Hall–Kier alpha value is -1.94. The number of amides is 2. The summed E-state index contributed by atoms with van der Waals surface area (Å²) in [5, 5.41) is 10.2. The Morgan fingerprint density at radius 2 is 1.48 bits per heavy atom. The Morgan fingerprint density at radius 1 is 1.00 bits per heavy atom. The van der Waals surface area contributed by atoms with Gasteiger partial charge in [0.1, 0.15) is 23.3 Å². The van der Waals surface area contributed by atoms with Crippen LogP contribution in [0.5, 0.6) is 0 Å². The van der Waals surface area contributed by atoms with Gasteiger partial charge in [-0.2, -0.15) is 0 Å². The smallest absolute Gasteiger partial charge is 0.430 e. The summed E-state index contributed by atoms with van der Waals surface area (Å²) in [6.07, 6.45) is -2.41. The minimum atomic E-state index is -0.848. The van der Waals surface area contributed by atoms with Crippen LogP contribution in [0, 0.1) is 11.8 Å². The zero-order valence-electron chi connectivity index (χ0n) is 15.2. The second-order valence-corrected chi connectivity index (χ2v) is 7.10. The summed E-state index contributed by atoms with van der Waals surface area (Å²) in [5.74, 6) is 5.20. The number of carbonyl (C=O) groups excluding carboxylic acids is 2. The summed E-state index contributed by atoms with van der Waals surface area (Å²) in [4.78, 5) is 24.2. The fourth-order valence-corrected chi connectivity index (χ4v) is 1.32. The fraction of sp³-hybridized carbons (Fsp3) is 0.750. The van der Waals surface area contributed by atoms with Gasteiger partial charge in [0.15, 0.2) is 0 Å². The van der Waals surface area contributed by atoms with E-state index < -0.39 is 35.5 Å². The number of carbonyl (C=O) groups is 2. The van der Waals surface area contributed by atoms with Crippen molar-refractivity contribution in [1.29, 1.82) is 0 Å². The van der Waals surface area contributed by atoms with Gasteiger partial charge in [0, 0.05) is 0 Å². The lowest BCUT2D eigenvalue weighted by Crippen LogP contribution is -2.53. The Kier molecular flexibility index (Phi) is 7.38. The first kappa shape index (κ1) is 21.1. The molecule has 0 aromatic rings. The van der Waals surface area contributed by atoms with Crippen molar-refractivity contribution >= 4 is 12.2 Å². The van der Waals surface area contributed by atoms with Crippen molar-refractivity contribution in [3.8, 4) is 11.8 Å². The first-order chi connectivity index (χ1) is 10.2. The zero-order chi connectivity index (χ0) is 18.4. The molecule has 0 aliphatic rings. The normalized spacial score (nSPS) is 14.0. The number of hydrazine groups is 1. The second kappa shape index (κ2) is 8.06. The molecule has 0 saturated carbocycles. The van der Waals surface area contributed by atoms with Crippen molar-refractivity contribution in [1.82, 2.24) is 10.4 Å². The van der Waals surface area contributed by atoms with E-state index in [1.807, 2.05) is 0 Å². The number of nitrogens with one attached hydrogen (secondary N) is 1. The number of aliphatic hydroxyl groups is 1. The van der Waals surface area contributed by atoms with E-state index in [1.165, 1.54) is 6.92 Å². The molecule has 0 heterocycles. The zero-order valence-corrected chi connectivity index (χ0v) is 15.2. The average Bonchev–Trinajstić information content (AvgIpc) is 2.28. The van der Waals surface area contributed by atoms with Crippen LogP contribution in [0.25, 0.3) is 0 Å². The lowest BCUT2D eigenvalue weighted by Gasteiger charge is -2.30. The molecule has 2 amide bonds.